The van der Waals surface area contributed by atoms with Crippen LogP contribution in [0.4, 0.5) is 0 Å². The van der Waals surface area contributed by atoms with Crippen LogP contribution in [0.25, 0.3) is 11.6 Å². The SMILES string of the molecule is O=C(O)CC1CCCN1Cc1nc(-c2ccco2)no1. The number of hydrogen-bond donors (Lipinski definition) is 1. The largest absolute Gasteiger partial charge is 0.481 e. The van der Waals surface area contributed by atoms with E-state index in [2.05, 4.69) is 15.0 Å². The number of hydrogen-bond acceptors (Lipinski definition) is 6. The van der Waals surface area contributed by atoms with Crippen molar-refractivity contribution >= 4 is 5.97 Å². The Kier molecular flexibility index (Phi) is 3.51. The summed E-state index contributed by atoms with van der Waals surface area (Å²) in [6.45, 7) is 1.34. The van der Waals surface area contributed by atoms with Crippen LogP contribution >= 0.6 is 0 Å². The van der Waals surface area contributed by atoms with E-state index in [1.54, 1.807) is 18.4 Å². The molecule has 1 fully saturated rings. The van der Waals surface area contributed by atoms with E-state index in [-0.39, 0.29) is 12.5 Å². The number of furan rings is 1. The zero-order chi connectivity index (χ0) is 13.9. The molecule has 7 nitrogen and oxygen atoms in total. The van der Waals surface area contributed by atoms with Crippen LogP contribution in [0.15, 0.2) is 27.3 Å². The molecule has 2 aromatic rings. The molecule has 0 amide bonds. The minimum Gasteiger partial charge on any atom is -0.481 e. The molecule has 0 saturated carbocycles. The van der Waals surface area contributed by atoms with Crippen LogP contribution in [0.2, 0.25) is 0 Å². The number of likely N-dealkylation sites (tertiary alicyclic amines) is 1. The first-order chi connectivity index (χ1) is 9.72. The van der Waals surface area contributed by atoms with Gasteiger partial charge in [0.15, 0.2) is 5.76 Å². The minimum absolute atomic E-state index is 0.0477. The van der Waals surface area contributed by atoms with Crippen LogP contribution in [0, 0.1) is 0 Å². The number of carboxylic acids is 1. The molecule has 1 saturated heterocycles. The van der Waals surface area contributed by atoms with Gasteiger partial charge in [-0.15, -0.1) is 0 Å². The van der Waals surface area contributed by atoms with Gasteiger partial charge in [-0.1, -0.05) is 5.16 Å². The van der Waals surface area contributed by atoms with Gasteiger partial charge < -0.3 is 14.0 Å². The van der Waals surface area contributed by atoms with Crippen LogP contribution in [0.5, 0.6) is 0 Å². The molecule has 3 heterocycles. The van der Waals surface area contributed by atoms with E-state index in [4.69, 9.17) is 14.0 Å². The highest BCUT2D eigenvalue weighted by atomic mass is 16.5. The second-order valence-corrected chi connectivity index (χ2v) is 4.85. The van der Waals surface area contributed by atoms with Crippen molar-refractivity contribution in [2.24, 2.45) is 0 Å². The Morgan fingerprint density at radius 3 is 3.20 bits per heavy atom. The maximum Gasteiger partial charge on any atom is 0.304 e. The zero-order valence-corrected chi connectivity index (χ0v) is 10.9. The molecule has 0 bridgehead atoms. The van der Waals surface area contributed by atoms with Crippen molar-refractivity contribution in [2.75, 3.05) is 6.54 Å². The Morgan fingerprint density at radius 2 is 2.45 bits per heavy atom. The predicted octanol–water partition coefficient (Wildman–Crippen LogP) is 1.77. The predicted molar refractivity (Wildman–Crippen MR) is 67.7 cm³/mol. The van der Waals surface area contributed by atoms with Crippen molar-refractivity contribution in [1.82, 2.24) is 15.0 Å². The van der Waals surface area contributed by atoms with Crippen molar-refractivity contribution in [3.63, 3.8) is 0 Å². The van der Waals surface area contributed by atoms with Gasteiger partial charge in [0.1, 0.15) is 0 Å². The lowest BCUT2D eigenvalue weighted by molar-refractivity contribution is -0.138. The summed E-state index contributed by atoms with van der Waals surface area (Å²) in [6.07, 6.45) is 3.59. The Morgan fingerprint density at radius 1 is 1.55 bits per heavy atom. The summed E-state index contributed by atoms with van der Waals surface area (Å²) in [6, 6.07) is 3.57. The van der Waals surface area contributed by atoms with Gasteiger partial charge in [0.05, 0.1) is 19.2 Å². The summed E-state index contributed by atoms with van der Waals surface area (Å²) in [7, 11) is 0. The lowest BCUT2D eigenvalue weighted by Gasteiger charge is -2.20. The topological polar surface area (TPSA) is 92.6 Å². The van der Waals surface area contributed by atoms with Crippen LogP contribution < -0.4 is 0 Å². The molecule has 1 N–H and O–H groups in total. The monoisotopic (exact) mass is 277 g/mol. The van der Waals surface area contributed by atoms with Crippen LogP contribution in [0.1, 0.15) is 25.2 Å². The number of carboxylic acid groups (broad SMARTS) is 1. The van der Waals surface area contributed by atoms with Crippen molar-refractivity contribution in [2.45, 2.75) is 31.8 Å². The zero-order valence-electron chi connectivity index (χ0n) is 10.9. The maximum atomic E-state index is 10.8. The number of rotatable bonds is 5. The lowest BCUT2D eigenvalue weighted by atomic mass is 10.1. The van der Waals surface area contributed by atoms with E-state index in [1.807, 2.05) is 0 Å². The van der Waals surface area contributed by atoms with Gasteiger partial charge >= 0.3 is 5.97 Å². The number of nitrogens with zero attached hydrogens (tertiary/aromatic N) is 3. The van der Waals surface area contributed by atoms with Gasteiger partial charge in [-0.2, -0.15) is 4.98 Å². The van der Waals surface area contributed by atoms with E-state index in [1.165, 1.54) is 0 Å². The molecule has 1 aliphatic heterocycles. The van der Waals surface area contributed by atoms with Gasteiger partial charge in [-0.25, -0.2) is 0 Å². The fraction of sp³-hybridized carbons (Fsp3) is 0.462. The molecular formula is C13H15N3O4. The van der Waals surface area contributed by atoms with E-state index in [0.29, 0.717) is 24.0 Å². The molecule has 0 aliphatic carbocycles. The summed E-state index contributed by atoms with van der Waals surface area (Å²) in [4.78, 5) is 17.2. The second-order valence-electron chi connectivity index (χ2n) is 4.85. The van der Waals surface area contributed by atoms with Gasteiger partial charge in [-0.3, -0.25) is 9.69 Å². The summed E-state index contributed by atoms with van der Waals surface area (Å²) >= 11 is 0. The Hall–Kier alpha value is -2.15. The first kappa shape index (κ1) is 12.9. The maximum absolute atomic E-state index is 10.8. The van der Waals surface area contributed by atoms with Gasteiger partial charge in [0, 0.05) is 6.04 Å². The summed E-state index contributed by atoms with van der Waals surface area (Å²) < 4.78 is 10.4. The van der Waals surface area contributed by atoms with Crippen LogP contribution in [-0.2, 0) is 11.3 Å². The number of aromatic nitrogens is 2. The van der Waals surface area contributed by atoms with E-state index in [0.717, 1.165) is 19.4 Å². The molecule has 1 atom stereocenters. The second kappa shape index (κ2) is 5.46. The fourth-order valence-electron chi connectivity index (χ4n) is 2.53. The van der Waals surface area contributed by atoms with Gasteiger partial charge in [0.2, 0.25) is 11.7 Å². The first-order valence-electron chi connectivity index (χ1n) is 6.54. The molecule has 106 valence electrons. The third-order valence-corrected chi connectivity index (χ3v) is 3.46. The highest BCUT2D eigenvalue weighted by Gasteiger charge is 2.28. The summed E-state index contributed by atoms with van der Waals surface area (Å²) in [5, 5.41) is 12.8. The average Bonchev–Trinajstić information content (AvgIpc) is 3.11. The molecule has 3 rings (SSSR count). The fourth-order valence-corrected chi connectivity index (χ4v) is 2.53. The molecule has 7 heteroatoms. The van der Waals surface area contributed by atoms with Crippen LogP contribution in [0.3, 0.4) is 0 Å². The summed E-state index contributed by atoms with van der Waals surface area (Å²) in [5.41, 5.74) is 0. The quantitative estimate of drug-likeness (QED) is 0.890. The van der Waals surface area contributed by atoms with Crippen molar-refractivity contribution < 1.29 is 18.8 Å². The van der Waals surface area contributed by atoms with E-state index < -0.39 is 5.97 Å². The molecule has 2 aromatic heterocycles. The van der Waals surface area contributed by atoms with Gasteiger partial charge in [0.25, 0.3) is 0 Å². The minimum atomic E-state index is -0.774. The molecule has 1 aliphatic rings. The van der Waals surface area contributed by atoms with Crippen molar-refractivity contribution in [1.29, 1.82) is 0 Å². The summed E-state index contributed by atoms with van der Waals surface area (Å²) in [5.74, 6) is 0.680. The van der Waals surface area contributed by atoms with Gasteiger partial charge in [-0.05, 0) is 31.5 Å². The van der Waals surface area contributed by atoms with E-state index >= 15 is 0 Å². The van der Waals surface area contributed by atoms with E-state index in [9.17, 15) is 4.79 Å². The average molecular weight is 277 g/mol. The third-order valence-electron chi connectivity index (χ3n) is 3.46. The number of carbonyl (C=O) groups is 1. The Balaban J connectivity index is 1.67. The number of aliphatic carboxylic acids is 1. The Labute approximate surface area is 115 Å². The standard InChI is InChI=1S/C13H15N3O4/c17-12(18)7-9-3-1-5-16(9)8-11-14-13(15-20-11)10-4-2-6-19-10/h2,4,6,9H,1,3,5,7-8H2,(H,17,18). The molecule has 0 spiro atoms. The smallest absolute Gasteiger partial charge is 0.304 e. The lowest BCUT2D eigenvalue weighted by Crippen LogP contribution is -2.30. The highest BCUT2D eigenvalue weighted by molar-refractivity contribution is 5.67. The molecule has 0 aromatic carbocycles. The normalized spacial score (nSPS) is 19.5. The van der Waals surface area contributed by atoms with Crippen molar-refractivity contribution in [3.8, 4) is 11.6 Å². The first-order valence-corrected chi connectivity index (χ1v) is 6.54. The molecule has 1 unspecified atom stereocenters. The third kappa shape index (κ3) is 2.72. The molecule has 20 heavy (non-hydrogen) atoms. The molecule has 0 radical (unpaired) electrons. The van der Waals surface area contributed by atoms with Crippen LogP contribution in [-0.4, -0.2) is 38.7 Å². The molecular weight excluding hydrogens is 262 g/mol. The Bertz CT molecular complexity index is 578. The highest BCUT2D eigenvalue weighted by Crippen LogP contribution is 2.23. The van der Waals surface area contributed by atoms with Crippen molar-refractivity contribution in [3.05, 3.63) is 24.3 Å².